The predicted molar refractivity (Wildman–Crippen MR) is 40.1 cm³/mol. The topological polar surface area (TPSA) is 50.7 Å². The van der Waals surface area contributed by atoms with Crippen LogP contribution in [0, 0.1) is 0 Å². The van der Waals surface area contributed by atoms with Gasteiger partial charge in [0.15, 0.2) is 0 Å². The van der Waals surface area contributed by atoms with Gasteiger partial charge < -0.3 is 9.78 Å². The first kappa shape index (κ1) is 6.15. The summed E-state index contributed by atoms with van der Waals surface area (Å²) >= 11 is 0. The second-order valence-corrected chi connectivity index (χ2v) is 2.27. The Morgan fingerprint density at radius 1 is 1.73 bits per heavy atom. The van der Waals surface area contributed by atoms with E-state index in [0.29, 0.717) is 6.54 Å². The van der Waals surface area contributed by atoms with Crippen LogP contribution in [0.3, 0.4) is 0 Å². The summed E-state index contributed by atoms with van der Waals surface area (Å²) in [7, 11) is 0. The van der Waals surface area contributed by atoms with E-state index in [1.807, 2.05) is 12.3 Å². The number of fused-ring (bicyclic) bond motifs is 1. The predicted octanol–water partition coefficient (Wildman–Crippen LogP) is 0.563. The lowest BCUT2D eigenvalue weighted by atomic mass is 10.4. The van der Waals surface area contributed by atoms with Crippen molar-refractivity contribution in [3.63, 3.8) is 0 Å². The second-order valence-electron chi connectivity index (χ2n) is 2.27. The fourth-order valence-corrected chi connectivity index (χ4v) is 1.10. The molecule has 0 unspecified atom stereocenters. The number of aromatic nitrogens is 3. The maximum absolute atomic E-state index is 10.2. The molecule has 11 heavy (non-hydrogen) atoms. The summed E-state index contributed by atoms with van der Waals surface area (Å²) < 4.78 is 1.63. The number of carbonyl (C=O) groups is 1. The van der Waals surface area contributed by atoms with Gasteiger partial charge >= 0.3 is 0 Å². The number of carbonyl (C=O) groups excluding carboxylic acids is 1. The Bertz CT molecular complexity index is 374. The van der Waals surface area contributed by atoms with Crippen LogP contribution in [0.15, 0.2) is 18.5 Å². The molecule has 0 saturated carbocycles. The third kappa shape index (κ3) is 0.832. The molecule has 0 aromatic carbocycles. The number of rotatable bonds is 2. The van der Waals surface area contributed by atoms with Gasteiger partial charge in [-0.1, -0.05) is 0 Å². The fourth-order valence-electron chi connectivity index (χ4n) is 1.10. The molecule has 2 heterocycles. The van der Waals surface area contributed by atoms with E-state index in [0.717, 1.165) is 17.3 Å². The Labute approximate surface area is 62.8 Å². The van der Waals surface area contributed by atoms with Crippen LogP contribution < -0.4 is 0 Å². The van der Waals surface area contributed by atoms with Crippen molar-refractivity contribution in [1.29, 1.82) is 0 Å². The number of aromatic amines is 1. The molecule has 4 nitrogen and oxygen atoms in total. The quantitative estimate of drug-likeness (QED) is 0.634. The molecule has 0 saturated heterocycles. The molecular formula is C7H7N3O. The van der Waals surface area contributed by atoms with Gasteiger partial charge in [0.2, 0.25) is 0 Å². The van der Waals surface area contributed by atoms with E-state index in [1.54, 1.807) is 10.9 Å². The lowest BCUT2D eigenvalue weighted by molar-refractivity contribution is -0.108. The highest BCUT2D eigenvalue weighted by Gasteiger charge is 2.00. The molecule has 0 fully saturated rings. The Balaban J connectivity index is 2.59. The van der Waals surface area contributed by atoms with Crippen molar-refractivity contribution in [3.05, 3.63) is 18.5 Å². The van der Waals surface area contributed by atoms with Crippen molar-refractivity contribution in [2.24, 2.45) is 0 Å². The van der Waals surface area contributed by atoms with Gasteiger partial charge in [-0.15, -0.1) is 0 Å². The normalized spacial score (nSPS) is 10.5. The lowest BCUT2D eigenvalue weighted by Gasteiger charge is -1.91. The number of nitrogens with zero attached hydrogens (tertiary/aromatic N) is 2. The van der Waals surface area contributed by atoms with Crippen molar-refractivity contribution >= 4 is 17.3 Å². The highest BCUT2D eigenvalue weighted by molar-refractivity contribution is 5.75. The van der Waals surface area contributed by atoms with E-state index in [-0.39, 0.29) is 0 Å². The second kappa shape index (κ2) is 2.23. The Hall–Kier alpha value is -1.58. The van der Waals surface area contributed by atoms with Gasteiger partial charge in [-0.05, 0) is 6.07 Å². The summed E-state index contributed by atoms with van der Waals surface area (Å²) in [6, 6.07) is 1.92. The molecule has 0 aliphatic heterocycles. The summed E-state index contributed by atoms with van der Waals surface area (Å²) in [5, 5.41) is 5.03. The van der Waals surface area contributed by atoms with E-state index in [2.05, 4.69) is 10.1 Å². The third-order valence-corrected chi connectivity index (χ3v) is 1.60. The van der Waals surface area contributed by atoms with Crippen LogP contribution in [0.5, 0.6) is 0 Å². The zero-order valence-corrected chi connectivity index (χ0v) is 5.82. The van der Waals surface area contributed by atoms with Crippen LogP contribution >= 0.6 is 0 Å². The number of nitrogens with one attached hydrogen (secondary N) is 1. The van der Waals surface area contributed by atoms with Crippen LogP contribution in [0.2, 0.25) is 0 Å². The van der Waals surface area contributed by atoms with Crippen molar-refractivity contribution in [1.82, 2.24) is 14.8 Å². The van der Waals surface area contributed by atoms with Gasteiger partial charge in [0, 0.05) is 11.6 Å². The van der Waals surface area contributed by atoms with Gasteiger partial charge in [-0.25, -0.2) is 4.68 Å². The van der Waals surface area contributed by atoms with Crippen LogP contribution in [0.1, 0.15) is 0 Å². The third-order valence-electron chi connectivity index (χ3n) is 1.60. The molecule has 4 heteroatoms. The Morgan fingerprint density at radius 2 is 2.64 bits per heavy atom. The van der Waals surface area contributed by atoms with Gasteiger partial charge in [-0.3, -0.25) is 0 Å². The van der Waals surface area contributed by atoms with Gasteiger partial charge in [-0.2, -0.15) is 5.10 Å². The summed E-state index contributed by atoms with van der Waals surface area (Å²) in [5.41, 5.74) is 0.900. The van der Waals surface area contributed by atoms with Crippen molar-refractivity contribution in [2.75, 3.05) is 0 Å². The summed E-state index contributed by atoms with van der Waals surface area (Å²) in [6.45, 7) is 0.310. The molecule has 0 bridgehead atoms. The van der Waals surface area contributed by atoms with E-state index in [1.165, 1.54) is 0 Å². The first-order valence-corrected chi connectivity index (χ1v) is 3.34. The lowest BCUT2D eigenvalue weighted by Crippen LogP contribution is -2.00. The number of hydrogen-bond donors (Lipinski definition) is 1. The summed E-state index contributed by atoms with van der Waals surface area (Å²) in [4.78, 5) is 13.2. The average molecular weight is 149 g/mol. The van der Waals surface area contributed by atoms with Crippen LogP contribution in [-0.2, 0) is 11.3 Å². The maximum Gasteiger partial charge on any atom is 0.141 e. The minimum atomic E-state index is 0.310. The number of H-pyrrole nitrogens is 1. The van der Waals surface area contributed by atoms with Gasteiger partial charge in [0.05, 0.1) is 12.7 Å². The maximum atomic E-state index is 10.2. The molecule has 0 atom stereocenters. The summed E-state index contributed by atoms with van der Waals surface area (Å²) in [5.74, 6) is 0. The molecule has 2 rings (SSSR count). The monoisotopic (exact) mass is 149 g/mol. The van der Waals surface area contributed by atoms with Gasteiger partial charge in [0.1, 0.15) is 11.9 Å². The molecule has 0 aliphatic carbocycles. The molecule has 2 aromatic heterocycles. The molecule has 0 radical (unpaired) electrons. The summed E-state index contributed by atoms with van der Waals surface area (Å²) in [6.07, 6.45) is 4.39. The smallest absolute Gasteiger partial charge is 0.141 e. The Morgan fingerprint density at radius 3 is 3.45 bits per heavy atom. The van der Waals surface area contributed by atoms with Gasteiger partial charge in [0.25, 0.3) is 0 Å². The van der Waals surface area contributed by atoms with E-state index in [9.17, 15) is 4.79 Å². The molecule has 0 amide bonds. The minimum absolute atomic E-state index is 0.310. The highest BCUT2D eigenvalue weighted by atomic mass is 16.1. The fraction of sp³-hybridized carbons (Fsp3) is 0.143. The molecule has 56 valence electrons. The standard InChI is InChI=1S/C7H7N3O/c11-4-3-10-7-6(5-9-10)1-2-8-7/h1-2,4-5,8H,3H2. The minimum Gasteiger partial charge on any atom is -0.346 e. The zero-order chi connectivity index (χ0) is 7.68. The number of aldehydes is 1. The first-order chi connectivity index (χ1) is 5.42. The van der Waals surface area contributed by atoms with E-state index in [4.69, 9.17) is 0 Å². The average Bonchev–Trinajstić information content (AvgIpc) is 2.53. The van der Waals surface area contributed by atoms with Crippen molar-refractivity contribution in [2.45, 2.75) is 6.54 Å². The van der Waals surface area contributed by atoms with Crippen molar-refractivity contribution in [3.8, 4) is 0 Å². The number of hydrogen-bond acceptors (Lipinski definition) is 2. The molecule has 0 spiro atoms. The van der Waals surface area contributed by atoms with E-state index < -0.39 is 0 Å². The zero-order valence-electron chi connectivity index (χ0n) is 5.82. The largest absolute Gasteiger partial charge is 0.346 e. The van der Waals surface area contributed by atoms with Crippen LogP contribution in [0.4, 0.5) is 0 Å². The molecule has 0 aliphatic rings. The van der Waals surface area contributed by atoms with E-state index >= 15 is 0 Å². The molecular weight excluding hydrogens is 142 g/mol. The highest BCUT2D eigenvalue weighted by Crippen LogP contribution is 2.09. The first-order valence-electron chi connectivity index (χ1n) is 3.34. The molecule has 1 N–H and O–H groups in total. The van der Waals surface area contributed by atoms with Crippen LogP contribution in [-0.4, -0.2) is 21.1 Å². The molecule has 2 aromatic rings. The Kier molecular flexibility index (Phi) is 1.25. The van der Waals surface area contributed by atoms with Crippen molar-refractivity contribution < 1.29 is 4.79 Å². The van der Waals surface area contributed by atoms with Crippen LogP contribution in [0.25, 0.3) is 11.0 Å². The SMILES string of the molecule is O=CCn1ncc2cc[nH]c21.